The van der Waals surface area contributed by atoms with E-state index in [-0.39, 0.29) is 16.2 Å². The molecule has 196 valence electrons. The quantitative estimate of drug-likeness (QED) is 0.177. The van der Waals surface area contributed by atoms with Crippen LogP contribution in [-0.2, 0) is 16.2 Å². The van der Waals surface area contributed by atoms with E-state index in [1.165, 1.54) is 11.4 Å². The van der Waals surface area contributed by atoms with Crippen molar-refractivity contribution >= 4 is 34.4 Å². The first-order valence-electron chi connectivity index (χ1n) is 13.3. The van der Waals surface area contributed by atoms with Gasteiger partial charge in [0.15, 0.2) is 0 Å². The zero-order chi connectivity index (χ0) is 27.6. The van der Waals surface area contributed by atoms with E-state index in [9.17, 15) is 0 Å². The molecule has 0 saturated carbocycles. The van der Waals surface area contributed by atoms with Crippen molar-refractivity contribution in [2.24, 2.45) is 9.98 Å². The van der Waals surface area contributed by atoms with Crippen LogP contribution >= 0.6 is 12.2 Å². The number of rotatable bonds is 2. The first-order chi connectivity index (χ1) is 18.5. The van der Waals surface area contributed by atoms with Crippen molar-refractivity contribution in [1.29, 1.82) is 0 Å². The Morgan fingerprint density at radius 2 is 1.15 bits per heavy atom. The van der Waals surface area contributed by atoms with Crippen molar-refractivity contribution in [2.45, 2.75) is 57.8 Å². The number of aromatic amines is 3. The summed E-state index contributed by atoms with van der Waals surface area (Å²) in [6.07, 6.45) is 4.28. The standard InChI is InChI=1S/C33H33N5S/c1-31(2)24-13-11-22(35-24)30(20-7-9-21(10-8-20)34-19-39)23-12-14-25(36-23)32(3,4)27-16-18-29(38-27)33(5,6)28-17-15-26(31)37-28/h7-18,35,37-38H,1-6H3/b30-23-. The Hall–Kier alpha value is -3.99. The molecule has 0 unspecified atom stereocenters. The second-order valence-corrected chi connectivity index (χ2v) is 12.3. The number of isothiocyanates is 1. The fourth-order valence-electron chi connectivity index (χ4n) is 5.63. The summed E-state index contributed by atoms with van der Waals surface area (Å²) in [7, 11) is 0. The third-order valence-corrected chi connectivity index (χ3v) is 8.65. The zero-order valence-electron chi connectivity index (χ0n) is 23.2. The molecule has 0 atom stereocenters. The Balaban J connectivity index is 1.61. The van der Waals surface area contributed by atoms with Gasteiger partial charge in [-0.1, -0.05) is 12.1 Å². The highest BCUT2D eigenvalue weighted by atomic mass is 32.1. The van der Waals surface area contributed by atoms with E-state index >= 15 is 0 Å². The minimum absolute atomic E-state index is 0.217. The molecule has 2 aliphatic heterocycles. The number of nitrogens with one attached hydrogen (secondary N) is 3. The van der Waals surface area contributed by atoms with Crippen molar-refractivity contribution in [3.05, 3.63) is 118 Å². The van der Waals surface area contributed by atoms with Gasteiger partial charge in [0, 0.05) is 56.0 Å². The summed E-state index contributed by atoms with van der Waals surface area (Å²) in [6.45, 7) is 13.5. The summed E-state index contributed by atoms with van der Waals surface area (Å²) in [5.74, 6) is 0. The van der Waals surface area contributed by atoms with Crippen LogP contribution in [0.4, 0.5) is 5.69 Å². The van der Waals surface area contributed by atoms with Crippen LogP contribution in [0.3, 0.4) is 0 Å². The summed E-state index contributed by atoms with van der Waals surface area (Å²) in [5.41, 5.74) is 10.8. The molecule has 1 aromatic carbocycles. The lowest BCUT2D eigenvalue weighted by atomic mass is 9.84. The first kappa shape index (κ1) is 25.3. The highest BCUT2D eigenvalue weighted by Gasteiger charge is 2.35. The number of aliphatic imine (C=N–C) groups is 2. The van der Waals surface area contributed by atoms with E-state index in [1.54, 1.807) is 0 Å². The van der Waals surface area contributed by atoms with Crippen LogP contribution in [0, 0.1) is 0 Å². The predicted molar refractivity (Wildman–Crippen MR) is 163 cm³/mol. The highest BCUT2D eigenvalue weighted by Crippen LogP contribution is 2.40. The molecule has 5 nitrogen and oxygen atoms in total. The van der Waals surface area contributed by atoms with E-state index in [0.29, 0.717) is 0 Å². The van der Waals surface area contributed by atoms with E-state index in [0.717, 1.165) is 51.0 Å². The summed E-state index contributed by atoms with van der Waals surface area (Å²) in [4.78, 5) is 20.6. The van der Waals surface area contributed by atoms with E-state index < -0.39 is 0 Å². The second-order valence-electron chi connectivity index (χ2n) is 12.1. The third-order valence-electron chi connectivity index (χ3n) is 8.56. The Kier molecular flexibility index (Phi) is 5.69. The van der Waals surface area contributed by atoms with Crippen molar-refractivity contribution in [2.75, 3.05) is 0 Å². The van der Waals surface area contributed by atoms with Gasteiger partial charge in [0.25, 0.3) is 0 Å². The lowest BCUT2D eigenvalue weighted by Gasteiger charge is -2.27. The van der Waals surface area contributed by atoms with Gasteiger partial charge in [-0.05, 0) is 120 Å². The Bertz CT molecular complexity index is 1720. The minimum atomic E-state index is -0.309. The number of aromatic nitrogens is 3. The van der Waals surface area contributed by atoms with Crippen LogP contribution in [0.1, 0.15) is 81.3 Å². The molecule has 0 saturated heterocycles. The third kappa shape index (κ3) is 4.03. The molecule has 2 aliphatic rings. The molecule has 0 spiro atoms. The van der Waals surface area contributed by atoms with Crippen LogP contribution < -0.4 is 0 Å². The molecular formula is C33H33N5S. The van der Waals surface area contributed by atoms with E-state index in [2.05, 4.69) is 127 Å². The van der Waals surface area contributed by atoms with Crippen molar-refractivity contribution in [3.63, 3.8) is 0 Å². The summed E-state index contributed by atoms with van der Waals surface area (Å²) < 4.78 is 0. The average molecular weight is 532 g/mol. The molecule has 0 fully saturated rings. The smallest absolute Gasteiger partial charge is 0.0739 e. The van der Waals surface area contributed by atoms with E-state index in [4.69, 9.17) is 17.2 Å². The van der Waals surface area contributed by atoms with Crippen LogP contribution in [0.2, 0.25) is 0 Å². The number of fused-ring (bicyclic) bond motifs is 7. The van der Waals surface area contributed by atoms with Gasteiger partial charge in [-0.2, -0.15) is 4.99 Å². The monoisotopic (exact) mass is 531 g/mol. The van der Waals surface area contributed by atoms with Crippen LogP contribution in [0.5, 0.6) is 0 Å². The minimum Gasteiger partial charge on any atom is -0.361 e. The van der Waals surface area contributed by atoms with Gasteiger partial charge < -0.3 is 15.0 Å². The molecule has 4 aromatic rings. The molecule has 6 heteroatoms. The lowest BCUT2D eigenvalue weighted by molar-refractivity contribution is 0.569. The van der Waals surface area contributed by atoms with Gasteiger partial charge in [0.1, 0.15) is 0 Å². The normalized spacial score (nSPS) is 20.4. The van der Waals surface area contributed by atoms with Gasteiger partial charge >= 0.3 is 0 Å². The van der Waals surface area contributed by atoms with E-state index in [1.807, 2.05) is 12.1 Å². The van der Waals surface area contributed by atoms with Crippen molar-refractivity contribution in [3.8, 4) is 0 Å². The predicted octanol–water partition coefficient (Wildman–Crippen LogP) is 8.12. The van der Waals surface area contributed by atoms with Crippen LogP contribution in [0.15, 0.2) is 88.5 Å². The maximum absolute atomic E-state index is 5.22. The summed E-state index contributed by atoms with van der Waals surface area (Å²) >= 11 is 4.80. The molecule has 8 bridgehead atoms. The number of hydrogen-bond donors (Lipinski definition) is 3. The number of allylic oxidation sites excluding steroid dienone is 2. The van der Waals surface area contributed by atoms with Crippen LogP contribution in [0.25, 0.3) is 5.57 Å². The molecule has 39 heavy (non-hydrogen) atoms. The molecule has 3 aromatic heterocycles. The van der Waals surface area contributed by atoms with Gasteiger partial charge in [0.05, 0.1) is 22.3 Å². The maximum Gasteiger partial charge on any atom is 0.0739 e. The zero-order valence-corrected chi connectivity index (χ0v) is 24.0. The average Bonchev–Trinajstić information content (AvgIpc) is 3.71. The summed E-state index contributed by atoms with van der Waals surface area (Å²) in [6, 6.07) is 21.3. The molecule has 0 radical (unpaired) electrons. The maximum atomic E-state index is 5.22. The molecule has 3 N–H and O–H groups in total. The number of benzene rings is 1. The summed E-state index contributed by atoms with van der Waals surface area (Å²) in [5, 5.41) is 2.45. The Morgan fingerprint density at radius 3 is 1.72 bits per heavy atom. The fraction of sp³-hybridized carbons (Fsp3) is 0.273. The number of thiocarbonyl (C=S) groups is 1. The lowest BCUT2D eigenvalue weighted by Crippen LogP contribution is -2.28. The highest BCUT2D eigenvalue weighted by molar-refractivity contribution is 7.78. The second kappa shape index (κ2) is 8.77. The number of H-pyrrole nitrogens is 3. The topological polar surface area (TPSA) is 72.1 Å². The Labute approximate surface area is 234 Å². The number of nitrogens with zero attached hydrogens (tertiary/aromatic N) is 2. The van der Waals surface area contributed by atoms with Gasteiger partial charge in [-0.15, -0.1) is 0 Å². The van der Waals surface area contributed by atoms with Gasteiger partial charge in [-0.3, -0.25) is 4.99 Å². The SMILES string of the molecule is CC1(C)C2=N/C(=C(/c3ccc(N=C=S)cc3)c3ccc([nH]3)C(C)(C)c3ccc([nH]3)C(C)(C)c3ccc1[nH]3)C=C2. The fourth-order valence-corrected chi connectivity index (χ4v) is 5.73. The molecule has 5 heterocycles. The molecule has 0 aliphatic carbocycles. The Morgan fingerprint density at radius 1 is 0.641 bits per heavy atom. The van der Waals surface area contributed by atoms with Crippen molar-refractivity contribution < 1.29 is 0 Å². The van der Waals surface area contributed by atoms with Crippen molar-refractivity contribution in [1.82, 2.24) is 15.0 Å². The van der Waals surface area contributed by atoms with Crippen LogP contribution in [-0.4, -0.2) is 25.8 Å². The molecular weight excluding hydrogens is 498 g/mol. The number of hydrogen-bond acceptors (Lipinski definition) is 3. The first-order valence-corrected chi connectivity index (χ1v) is 13.7. The largest absolute Gasteiger partial charge is 0.361 e. The molecule has 0 amide bonds. The van der Waals surface area contributed by atoms with Gasteiger partial charge in [-0.25, -0.2) is 0 Å². The molecule has 6 rings (SSSR count). The van der Waals surface area contributed by atoms with Gasteiger partial charge in [0.2, 0.25) is 0 Å².